The van der Waals surface area contributed by atoms with Gasteiger partial charge in [-0.2, -0.15) is 0 Å². The molecule has 0 amide bonds. The van der Waals surface area contributed by atoms with Crippen molar-refractivity contribution in [3.8, 4) is 5.75 Å². The zero-order valence-corrected chi connectivity index (χ0v) is 9.51. The fourth-order valence-electron chi connectivity index (χ4n) is 1.82. The molecule has 0 radical (unpaired) electrons. The Morgan fingerprint density at radius 3 is 3.00 bits per heavy atom. The van der Waals surface area contributed by atoms with Gasteiger partial charge in [0.15, 0.2) is 0 Å². The highest BCUT2D eigenvalue weighted by Gasteiger charge is 2.20. The SMILES string of the molecule is Cc1cc(OC2CCC2)c2ncsc2c1. The Bertz CT molecular complexity index is 487. The summed E-state index contributed by atoms with van der Waals surface area (Å²) in [5, 5.41) is 0. The van der Waals surface area contributed by atoms with Crippen molar-refractivity contribution in [1.29, 1.82) is 0 Å². The Morgan fingerprint density at radius 1 is 1.40 bits per heavy atom. The van der Waals surface area contributed by atoms with E-state index in [4.69, 9.17) is 4.74 Å². The standard InChI is InChI=1S/C12H13NOS/c1-8-5-10(14-9-3-2-4-9)12-11(6-8)15-7-13-12/h5-7,9H,2-4H2,1H3. The first-order valence-corrected chi connectivity index (χ1v) is 6.21. The van der Waals surface area contributed by atoms with Crippen LogP contribution in [0.2, 0.25) is 0 Å². The van der Waals surface area contributed by atoms with Crippen LogP contribution >= 0.6 is 11.3 Å². The van der Waals surface area contributed by atoms with E-state index in [1.807, 2.05) is 5.51 Å². The maximum absolute atomic E-state index is 5.95. The number of hydrogen-bond acceptors (Lipinski definition) is 3. The van der Waals surface area contributed by atoms with Gasteiger partial charge in [-0.1, -0.05) is 0 Å². The number of nitrogens with zero attached hydrogens (tertiary/aromatic N) is 1. The lowest BCUT2D eigenvalue weighted by atomic mass is 9.96. The van der Waals surface area contributed by atoms with Crippen LogP contribution in [0.15, 0.2) is 17.6 Å². The van der Waals surface area contributed by atoms with Gasteiger partial charge in [0.1, 0.15) is 11.3 Å². The minimum atomic E-state index is 0.428. The molecule has 1 aromatic heterocycles. The Morgan fingerprint density at radius 2 is 2.27 bits per heavy atom. The highest BCUT2D eigenvalue weighted by molar-refractivity contribution is 7.16. The third-order valence-corrected chi connectivity index (χ3v) is 3.67. The second-order valence-electron chi connectivity index (χ2n) is 4.13. The summed E-state index contributed by atoms with van der Waals surface area (Å²) >= 11 is 1.68. The molecule has 2 nitrogen and oxygen atoms in total. The lowest BCUT2D eigenvalue weighted by molar-refractivity contribution is 0.122. The molecule has 0 saturated heterocycles. The van der Waals surface area contributed by atoms with Crippen molar-refractivity contribution < 1.29 is 4.74 Å². The molecule has 1 saturated carbocycles. The quantitative estimate of drug-likeness (QED) is 0.770. The Labute approximate surface area is 92.9 Å². The smallest absolute Gasteiger partial charge is 0.147 e. The van der Waals surface area contributed by atoms with E-state index in [0.717, 1.165) is 11.3 Å². The van der Waals surface area contributed by atoms with Gasteiger partial charge in [-0.15, -0.1) is 11.3 Å². The summed E-state index contributed by atoms with van der Waals surface area (Å²) in [6.07, 6.45) is 4.12. The Kier molecular flexibility index (Phi) is 2.13. The fraction of sp³-hybridized carbons (Fsp3) is 0.417. The monoisotopic (exact) mass is 219 g/mol. The predicted molar refractivity (Wildman–Crippen MR) is 62.6 cm³/mol. The normalized spacial score (nSPS) is 16.6. The van der Waals surface area contributed by atoms with E-state index in [9.17, 15) is 0 Å². The van der Waals surface area contributed by atoms with Gasteiger partial charge in [-0.05, 0) is 43.9 Å². The van der Waals surface area contributed by atoms with Crippen LogP contribution in [0.3, 0.4) is 0 Å². The van der Waals surface area contributed by atoms with E-state index >= 15 is 0 Å². The van der Waals surface area contributed by atoms with Crippen molar-refractivity contribution in [2.75, 3.05) is 0 Å². The number of aromatic nitrogens is 1. The number of thiazole rings is 1. The topological polar surface area (TPSA) is 22.1 Å². The van der Waals surface area contributed by atoms with Gasteiger partial charge in [0, 0.05) is 0 Å². The molecule has 1 aliphatic carbocycles. The molecule has 1 aliphatic rings. The van der Waals surface area contributed by atoms with Gasteiger partial charge < -0.3 is 4.74 Å². The molecule has 0 unspecified atom stereocenters. The summed E-state index contributed by atoms with van der Waals surface area (Å²) in [6, 6.07) is 4.26. The minimum absolute atomic E-state index is 0.428. The van der Waals surface area contributed by atoms with Gasteiger partial charge in [0.2, 0.25) is 0 Å². The first kappa shape index (κ1) is 9.16. The van der Waals surface area contributed by atoms with Gasteiger partial charge >= 0.3 is 0 Å². The lowest BCUT2D eigenvalue weighted by Crippen LogP contribution is -2.24. The minimum Gasteiger partial charge on any atom is -0.488 e. The van der Waals surface area contributed by atoms with E-state index in [2.05, 4.69) is 24.0 Å². The van der Waals surface area contributed by atoms with Crippen molar-refractivity contribution in [2.24, 2.45) is 0 Å². The fourth-order valence-corrected chi connectivity index (χ4v) is 2.61. The molecule has 2 aromatic rings. The van der Waals surface area contributed by atoms with Crippen LogP contribution in [0, 0.1) is 6.92 Å². The summed E-state index contributed by atoms with van der Waals surface area (Å²) in [5.41, 5.74) is 4.16. The van der Waals surface area contributed by atoms with Crippen molar-refractivity contribution in [3.63, 3.8) is 0 Å². The molecular weight excluding hydrogens is 206 g/mol. The van der Waals surface area contributed by atoms with Crippen LogP contribution in [0.25, 0.3) is 10.2 Å². The molecule has 0 bridgehead atoms. The van der Waals surface area contributed by atoms with Crippen molar-refractivity contribution in [1.82, 2.24) is 4.98 Å². The first-order valence-electron chi connectivity index (χ1n) is 5.33. The average Bonchev–Trinajstić information content (AvgIpc) is 2.58. The molecule has 3 heteroatoms. The van der Waals surface area contributed by atoms with Crippen molar-refractivity contribution >= 4 is 21.6 Å². The van der Waals surface area contributed by atoms with E-state index < -0.39 is 0 Å². The number of hydrogen-bond donors (Lipinski definition) is 0. The molecule has 0 N–H and O–H groups in total. The third kappa shape index (κ3) is 1.61. The molecular formula is C12H13NOS. The van der Waals surface area contributed by atoms with Crippen LogP contribution in [0.4, 0.5) is 0 Å². The Hall–Kier alpha value is -1.09. The molecule has 1 fully saturated rings. The molecule has 1 heterocycles. The van der Waals surface area contributed by atoms with Gasteiger partial charge in [0.25, 0.3) is 0 Å². The van der Waals surface area contributed by atoms with Crippen LogP contribution < -0.4 is 4.74 Å². The van der Waals surface area contributed by atoms with E-state index in [0.29, 0.717) is 6.10 Å². The molecule has 0 atom stereocenters. The van der Waals surface area contributed by atoms with Gasteiger partial charge in [0.05, 0.1) is 16.3 Å². The van der Waals surface area contributed by atoms with Crippen LogP contribution in [-0.2, 0) is 0 Å². The summed E-state index contributed by atoms with van der Waals surface area (Å²) < 4.78 is 7.17. The maximum atomic E-state index is 5.95. The van der Waals surface area contributed by atoms with Gasteiger partial charge in [-0.25, -0.2) is 4.98 Å². The van der Waals surface area contributed by atoms with Crippen LogP contribution in [0.5, 0.6) is 5.75 Å². The molecule has 0 aliphatic heterocycles. The third-order valence-electron chi connectivity index (χ3n) is 2.89. The average molecular weight is 219 g/mol. The maximum Gasteiger partial charge on any atom is 0.147 e. The summed E-state index contributed by atoms with van der Waals surface area (Å²) in [5.74, 6) is 0.968. The zero-order chi connectivity index (χ0) is 10.3. The highest BCUT2D eigenvalue weighted by Crippen LogP contribution is 2.32. The highest BCUT2D eigenvalue weighted by atomic mass is 32.1. The van der Waals surface area contributed by atoms with Crippen molar-refractivity contribution in [2.45, 2.75) is 32.3 Å². The largest absolute Gasteiger partial charge is 0.488 e. The Balaban J connectivity index is 2.02. The predicted octanol–water partition coefficient (Wildman–Crippen LogP) is 3.54. The second-order valence-corrected chi connectivity index (χ2v) is 5.02. The number of rotatable bonds is 2. The second kappa shape index (κ2) is 3.49. The molecule has 78 valence electrons. The van der Waals surface area contributed by atoms with Gasteiger partial charge in [-0.3, -0.25) is 0 Å². The molecule has 15 heavy (non-hydrogen) atoms. The number of ether oxygens (including phenoxy) is 1. The molecule has 0 spiro atoms. The van der Waals surface area contributed by atoms with E-state index in [1.54, 1.807) is 11.3 Å². The summed E-state index contributed by atoms with van der Waals surface area (Å²) in [7, 11) is 0. The first-order chi connectivity index (χ1) is 7.33. The lowest BCUT2D eigenvalue weighted by Gasteiger charge is -2.26. The number of benzene rings is 1. The number of fused-ring (bicyclic) bond motifs is 1. The van der Waals surface area contributed by atoms with E-state index in [1.165, 1.54) is 29.5 Å². The zero-order valence-electron chi connectivity index (χ0n) is 8.69. The number of aryl methyl sites for hydroxylation is 1. The summed E-state index contributed by atoms with van der Waals surface area (Å²) in [4.78, 5) is 4.36. The molecule has 3 rings (SSSR count). The van der Waals surface area contributed by atoms with Crippen molar-refractivity contribution in [3.05, 3.63) is 23.2 Å². The van der Waals surface area contributed by atoms with Crippen LogP contribution in [0.1, 0.15) is 24.8 Å². The van der Waals surface area contributed by atoms with E-state index in [-0.39, 0.29) is 0 Å². The van der Waals surface area contributed by atoms with Crippen LogP contribution in [-0.4, -0.2) is 11.1 Å². The summed E-state index contributed by atoms with van der Waals surface area (Å²) in [6.45, 7) is 2.10. The molecule has 1 aromatic carbocycles.